The molecule has 1 aromatic heterocycles. The Morgan fingerprint density at radius 2 is 2.00 bits per heavy atom. The van der Waals surface area contributed by atoms with Gasteiger partial charge in [0.15, 0.2) is 0 Å². The molecule has 25 heavy (non-hydrogen) atoms. The monoisotopic (exact) mass is 359 g/mol. The average Bonchev–Trinajstić information content (AvgIpc) is 3.08. The molecule has 2 aromatic rings. The zero-order valence-electron chi connectivity index (χ0n) is 13.6. The van der Waals surface area contributed by atoms with Crippen LogP contribution in [0.1, 0.15) is 11.3 Å². The van der Waals surface area contributed by atoms with Gasteiger partial charge in [0.25, 0.3) is 0 Å². The van der Waals surface area contributed by atoms with Crippen LogP contribution in [-0.2, 0) is 17.8 Å². The zero-order valence-corrected chi connectivity index (χ0v) is 14.4. The number of hydrogen-bond acceptors (Lipinski definition) is 5. The van der Waals surface area contributed by atoms with Gasteiger partial charge in [-0.25, -0.2) is 14.8 Å². The smallest absolute Gasteiger partial charge is 0.322 e. The normalized spacial score (nSPS) is 16.7. The molecule has 1 aromatic carbocycles. The number of ether oxygens (including phenoxy) is 1. The number of para-hydroxylation sites is 1. The maximum Gasteiger partial charge on any atom is 0.322 e. The van der Waals surface area contributed by atoms with Crippen molar-refractivity contribution in [3.05, 3.63) is 46.7 Å². The van der Waals surface area contributed by atoms with E-state index >= 15 is 0 Å². The molecule has 3 heterocycles. The number of anilines is 2. The minimum Gasteiger partial charge on any atom is -0.378 e. The van der Waals surface area contributed by atoms with Crippen LogP contribution in [0.2, 0.25) is 5.02 Å². The SMILES string of the molecule is O=C(Nc1ccccc1Cl)N1Cc2cnc(N3CCOCC3)nc2C1. The van der Waals surface area contributed by atoms with Gasteiger partial charge in [-0.2, -0.15) is 0 Å². The minimum absolute atomic E-state index is 0.195. The second kappa shape index (κ2) is 6.85. The van der Waals surface area contributed by atoms with Crippen molar-refractivity contribution < 1.29 is 9.53 Å². The summed E-state index contributed by atoms with van der Waals surface area (Å²) in [6, 6.07) is 6.99. The lowest BCUT2D eigenvalue weighted by molar-refractivity contribution is 0.122. The Bertz CT molecular complexity index is 794. The van der Waals surface area contributed by atoms with Crippen molar-refractivity contribution in [2.24, 2.45) is 0 Å². The summed E-state index contributed by atoms with van der Waals surface area (Å²) in [6.07, 6.45) is 1.82. The van der Waals surface area contributed by atoms with Crippen molar-refractivity contribution in [1.29, 1.82) is 0 Å². The van der Waals surface area contributed by atoms with E-state index in [9.17, 15) is 4.79 Å². The number of morpholine rings is 1. The van der Waals surface area contributed by atoms with Crippen molar-refractivity contribution >= 4 is 29.3 Å². The molecule has 0 unspecified atom stereocenters. The fourth-order valence-corrected chi connectivity index (χ4v) is 3.14. The van der Waals surface area contributed by atoms with Gasteiger partial charge in [-0.15, -0.1) is 0 Å². The van der Waals surface area contributed by atoms with Gasteiger partial charge in [-0.3, -0.25) is 0 Å². The maximum atomic E-state index is 12.5. The molecule has 1 fully saturated rings. The first-order valence-corrected chi connectivity index (χ1v) is 8.56. The Morgan fingerprint density at radius 1 is 1.20 bits per heavy atom. The summed E-state index contributed by atoms with van der Waals surface area (Å²) in [5, 5.41) is 3.36. The summed E-state index contributed by atoms with van der Waals surface area (Å²) >= 11 is 6.10. The number of benzene rings is 1. The van der Waals surface area contributed by atoms with E-state index in [4.69, 9.17) is 16.3 Å². The van der Waals surface area contributed by atoms with Gasteiger partial charge in [0.05, 0.1) is 42.7 Å². The van der Waals surface area contributed by atoms with Gasteiger partial charge >= 0.3 is 6.03 Å². The largest absolute Gasteiger partial charge is 0.378 e. The first kappa shape index (κ1) is 16.1. The van der Waals surface area contributed by atoms with Crippen LogP contribution in [0.25, 0.3) is 0 Å². The third-order valence-corrected chi connectivity index (χ3v) is 4.67. The van der Waals surface area contributed by atoms with E-state index in [1.165, 1.54) is 0 Å². The van der Waals surface area contributed by atoms with Crippen molar-refractivity contribution in [3.8, 4) is 0 Å². The van der Waals surface area contributed by atoms with Gasteiger partial charge in [0, 0.05) is 24.8 Å². The number of carbonyl (C=O) groups excluding carboxylic acids is 1. The fraction of sp³-hybridized carbons (Fsp3) is 0.353. The number of nitrogens with zero attached hydrogens (tertiary/aromatic N) is 4. The highest BCUT2D eigenvalue weighted by atomic mass is 35.5. The Kier molecular flexibility index (Phi) is 4.42. The molecule has 0 atom stereocenters. The van der Waals surface area contributed by atoms with Crippen molar-refractivity contribution in [1.82, 2.24) is 14.9 Å². The number of rotatable bonds is 2. The first-order chi connectivity index (χ1) is 12.2. The Morgan fingerprint density at radius 3 is 2.80 bits per heavy atom. The van der Waals surface area contributed by atoms with E-state index in [1.54, 1.807) is 17.0 Å². The van der Waals surface area contributed by atoms with Crippen LogP contribution < -0.4 is 10.2 Å². The first-order valence-electron chi connectivity index (χ1n) is 8.18. The predicted molar refractivity (Wildman–Crippen MR) is 94.8 cm³/mol. The molecule has 0 spiro atoms. The van der Waals surface area contributed by atoms with Crippen LogP contribution in [-0.4, -0.2) is 47.2 Å². The molecule has 0 aliphatic carbocycles. The second-order valence-electron chi connectivity index (χ2n) is 6.01. The van der Waals surface area contributed by atoms with E-state index in [0.29, 0.717) is 43.0 Å². The molecule has 1 N–H and O–H groups in total. The van der Waals surface area contributed by atoms with Crippen molar-refractivity contribution in [2.75, 3.05) is 36.5 Å². The summed E-state index contributed by atoms with van der Waals surface area (Å²) in [5.74, 6) is 0.704. The minimum atomic E-state index is -0.195. The lowest BCUT2D eigenvalue weighted by atomic mass is 10.3. The molecule has 8 heteroatoms. The second-order valence-corrected chi connectivity index (χ2v) is 6.41. The van der Waals surface area contributed by atoms with Crippen LogP contribution in [0.4, 0.5) is 16.4 Å². The number of halogens is 1. The number of aromatic nitrogens is 2. The van der Waals surface area contributed by atoms with Gasteiger partial charge in [0.1, 0.15) is 0 Å². The molecule has 7 nitrogen and oxygen atoms in total. The third-order valence-electron chi connectivity index (χ3n) is 4.34. The summed E-state index contributed by atoms with van der Waals surface area (Å²) in [4.78, 5) is 25.4. The van der Waals surface area contributed by atoms with E-state index < -0.39 is 0 Å². The molecule has 0 bridgehead atoms. The standard InChI is InChI=1S/C17H18ClN5O2/c18-13-3-1-2-4-14(13)21-17(24)23-10-12-9-19-16(20-15(12)11-23)22-5-7-25-8-6-22/h1-4,9H,5-8,10-11H2,(H,21,24). The third kappa shape index (κ3) is 3.38. The fourth-order valence-electron chi connectivity index (χ4n) is 2.96. The molecule has 2 amide bonds. The number of hydrogen-bond donors (Lipinski definition) is 1. The lowest BCUT2D eigenvalue weighted by Crippen LogP contribution is -2.37. The summed E-state index contributed by atoms with van der Waals surface area (Å²) in [5.41, 5.74) is 2.47. The molecule has 0 saturated carbocycles. The Labute approximate surface area is 150 Å². The highest BCUT2D eigenvalue weighted by Gasteiger charge is 2.26. The molecular formula is C17H18ClN5O2. The number of carbonyl (C=O) groups is 1. The average molecular weight is 360 g/mol. The lowest BCUT2D eigenvalue weighted by Gasteiger charge is -2.26. The molecule has 1 saturated heterocycles. The van der Waals surface area contributed by atoms with Gasteiger partial charge in [-0.1, -0.05) is 23.7 Å². The number of nitrogens with one attached hydrogen (secondary N) is 1. The summed E-state index contributed by atoms with van der Waals surface area (Å²) in [6.45, 7) is 3.91. The van der Waals surface area contributed by atoms with E-state index in [0.717, 1.165) is 24.3 Å². The number of amides is 2. The molecule has 2 aliphatic rings. The van der Waals surface area contributed by atoms with Crippen LogP contribution >= 0.6 is 11.6 Å². The van der Waals surface area contributed by atoms with Gasteiger partial charge in [0.2, 0.25) is 5.95 Å². The highest BCUT2D eigenvalue weighted by Crippen LogP contribution is 2.25. The van der Waals surface area contributed by atoms with Crippen LogP contribution in [0.3, 0.4) is 0 Å². The van der Waals surface area contributed by atoms with Crippen LogP contribution in [0.15, 0.2) is 30.5 Å². The quantitative estimate of drug-likeness (QED) is 0.892. The zero-order chi connectivity index (χ0) is 17.2. The van der Waals surface area contributed by atoms with Crippen molar-refractivity contribution in [3.63, 3.8) is 0 Å². The summed E-state index contributed by atoms with van der Waals surface area (Å²) in [7, 11) is 0. The summed E-state index contributed by atoms with van der Waals surface area (Å²) < 4.78 is 5.36. The molecule has 2 aliphatic heterocycles. The predicted octanol–water partition coefficient (Wildman–Crippen LogP) is 2.51. The molecule has 0 radical (unpaired) electrons. The molecule has 130 valence electrons. The Balaban J connectivity index is 1.45. The number of urea groups is 1. The van der Waals surface area contributed by atoms with Gasteiger partial charge in [-0.05, 0) is 12.1 Å². The van der Waals surface area contributed by atoms with Crippen LogP contribution in [0, 0.1) is 0 Å². The van der Waals surface area contributed by atoms with E-state index in [2.05, 4.69) is 20.2 Å². The van der Waals surface area contributed by atoms with Gasteiger partial charge < -0.3 is 19.9 Å². The highest BCUT2D eigenvalue weighted by molar-refractivity contribution is 6.33. The molecular weight excluding hydrogens is 342 g/mol. The Hall–Kier alpha value is -2.38. The van der Waals surface area contributed by atoms with E-state index in [-0.39, 0.29) is 6.03 Å². The maximum absolute atomic E-state index is 12.5. The number of fused-ring (bicyclic) bond motifs is 1. The van der Waals surface area contributed by atoms with Crippen LogP contribution in [0.5, 0.6) is 0 Å². The van der Waals surface area contributed by atoms with E-state index in [1.807, 2.05) is 18.3 Å². The van der Waals surface area contributed by atoms with Crippen molar-refractivity contribution in [2.45, 2.75) is 13.1 Å². The topological polar surface area (TPSA) is 70.6 Å². The molecule has 4 rings (SSSR count).